The van der Waals surface area contributed by atoms with Gasteiger partial charge in [0.05, 0.1) is 0 Å². The molecule has 24 heavy (non-hydrogen) atoms. The molecule has 0 unspecified atom stereocenters. The summed E-state index contributed by atoms with van der Waals surface area (Å²) in [5, 5.41) is 2.52. The first-order valence-corrected chi connectivity index (χ1v) is 8.07. The number of rotatable bonds is 4. The summed E-state index contributed by atoms with van der Waals surface area (Å²) < 4.78 is 31.8. The SMILES string of the molecule is C[C@@H](Oc1ccc2c(c1)CCCC2)C(=O)Nc1ccc(F)c(F)c1. The van der Waals surface area contributed by atoms with E-state index in [9.17, 15) is 13.6 Å². The highest BCUT2D eigenvalue weighted by Crippen LogP contribution is 2.26. The van der Waals surface area contributed by atoms with Crippen molar-refractivity contribution < 1.29 is 18.3 Å². The normalized spacial score (nSPS) is 14.6. The zero-order chi connectivity index (χ0) is 17.1. The van der Waals surface area contributed by atoms with Crippen molar-refractivity contribution >= 4 is 11.6 Å². The molecule has 0 saturated carbocycles. The average molecular weight is 331 g/mol. The summed E-state index contributed by atoms with van der Waals surface area (Å²) in [6.07, 6.45) is 3.74. The fraction of sp³-hybridized carbons (Fsp3) is 0.316. The number of halogens is 2. The lowest BCUT2D eigenvalue weighted by Gasteiger charge is -2.19. The molecule has 3 rings (SSSR count). The molecule has 0 aliphatic heterocycles. The van der Waals surface area contributed by atoms with Crippen molar-refractivity contribution in [2.75, 3.05) is 5.32 Å². The summed E-state index contributed by atoms with van der Waals surface area (Å²) in [7, 11) is 0. The monoisotopic (exact) mass is 331 g/mol. The molecule has 0 saturated heterocycles. The Labute approximate surface area is 139 Å². The van der Waals surface area contributed by atoms with Crippen LogP contribution < -0.4 is 10.1 Å². The van der Waals surface area contributed by atoms with Gasteiger partial charge in [0.1, 0.15) is 5.75 Å². The topological polar surface area (TPSA) is 38.3 Å². The third kappa shape index (κ3) is 3.72. The van der Waals surface area contributed by atoms with Crippen molar-refractivity contribution in [3.63, 3.8) is 0 Å². The largest absolute Gasteiger partial charge is 0.481 e. The van der Waals surface area contributed by atoms with E-state index < -0.39 is 23.6 Å². The molecule has 5 heteroatoms. The van der Waals surface area contributed by atoms with E-state index in [1.165, 1.54) is 30.0 Å². The van der Waals surface area contributed by atoms with Crippen molar-refractivity contribution in [2.24, 2.45) is 0 Å². The summed E-state index contributed by atoms with van der Waals surface area (Å²) in [5.74, 6) is -1.73. The van der Waals surface area contributed by atoms with Crippen molar-refractivity contribution in [1.82, 2.24) is 0 Å². The summed E-state index contributed by atoms with van der Waals surface area (Å²) in [4.78, 5) is 12.1. The molecule has 1 atom stereocenters. The molecular weight excluding hydrogens is 312 g/mol. The van der Waals surface area contributed by atoms with Gasteiger partial charge in [0.15, 0.2) is 17.7 Å². The van der Waals surface area contributed by atoms with Crippen LogP contribution in [0.25, 0.3) is 0 Å². The Morgan fingerprint density at radius 2 is 1.79 bits per heavy atom. The molecule has 0 radical (unpaired) electrons. The van der Waals surface area contributed by atoms with Crippen LogP contribution in [0, 0.1) is 11.6 Å². The molecule has 0 bridgehead atoms. The second-order valence-electron chi connectivity index (χ2n) is 6.02. The third-order valence-electron chi connectivity index (χ3n) is 4.19. The second-order valence-corrected chi connectivity index (χ2v) is 6.02. The highest BCUT2D eigenvalue weighted by Gasteiger charge is 2.17. The Balaban J connectivity index is 1.64. The number of hydrogen-bond acceptors (Lipinski definition) is 2. The van der Waals surface area contributed by atoms with E-state index in [0.29, 0.717) is 5.75 Å². The minimum atomic E-state index is -1.00. The predicted octanol–water partition coefficient (Wildman–Crippen LogP) is 4.25. The standard InChI is InChI=1S/C19H19F2NO2/c1-12(19(23)22-15-7-9-17(20)18(21)11-15)24-16-8-6-13-4-2-3-5-14(13)10-16/h6-12H,2-5H2,1H3,(H,22,23)/t12-/m1/s1. The van der Waals surface area contributed by atoms with Crippen LogP contribution in [-0.2, 0) is 17.6 Å². The van der Waals surface area contributed by atoms with Crippen molar-refractivity contribution in [3.8, 4) is 5.75 Å². The number of ether oxygens (including phenoxy) is 1. The van der Waals surface area contributed by atoms with Crippen LogP contribution in [0.2, 0.25) is 0 Å². The van der Waals surface area contributed by atoms with Crippen LogP contribution >= 0.6 is 0 Å². The van der Waals surface area contributed by atoms with Crippen molar-refractivity contribution in [3.05, 3.63) is 59.2 Å². The average Bonchev–Trinajstić information content (AvgIpc) is 2.58. The first-order chi connectivity index (χ1) is 11.5. The number of amides is 1. The molecule has 1 aliphatic carbocycles. The molecule has 1 N–H and O–H groups in total. The smallest absolute Gasteiger partial charge is 0.265 e. The maximum Gasteiger partial charge on any atom is 0.265 e. The van der Waals surface area contributed by atoms with Gasteiger partial charge in [0.2, 0.25) is 0 Å². The Morgan fingerprint density at radius 1 is 1.04 bits per heavy atom. The molecule has 0 fully saturated rings. The number of anilines is 1. The van der Waals surface area contributed by atoms with Gasteiger partial charge in [-0.25, -0.2) is 8.78 Å². The molecule has 126 valence electrons. The van der Waals surface area contributed by atoms with E-state index in [1.54, 1.807) is 6.92 Å². The molecule has 3 nitrogen and oxygen atoms in total. The van der Waals surface area contributed by atoms with Crippen LogP contribution in [0.4, 0.5) is 14.5 Å². The van der Waals surface area contributed by atoms with E-state index >= 15 is 0 Å². The first-order valence-electron chi connectivity index (χ1n) is 8.07. The summed E-state index contributed by atoms with van der Waals surface area (Å²) >= 11 is 0. The maximum absolute atomic E-state index is 13.2. The third-order valence-corrected chi connectivity index (χ3v) is 4.19. The fourth-order valence-corrected chi connectivity index (χ4v) is 2.86. The molecule has 2 aromatic carbocycles. The summed E-state index contributed by atoms with van der Waals surface area (Å²) in [5.41, 5.74) is 2.80. The highest BCUT2D eigenvalue weighted by molar-refractivity contribution is 5.94. The van der Waals surface area contributed by atoms with Gasteiger partial charge in [-0.3, -0.25) is 4.79 Å². The molecular formula is C19H19F2NO2. The Bertz CT molecular complexity index is 761. The lowest BCUT2D eigenvalue weighted by Crippen LogP contribution is -2.30. The molecule has 0 spiro atoms. The van der Waals surface area contributed by atoms with Crippen molar-refractivity contribution in [1.29, 1.82) is 0 Å². The number of carbonyl (C=O) groups excluding carboxylic acids is 1. The Hall–Kier alpha value is -2.43. The number of carbonyl (C=O) groups is 1. The van der Waals surface area contributed by atoms with Gasteiger partial charge in [0.25, 0.3) is 5.91 Å². The quantitative estimate of drug-likeness (QED) is 0.909. The summed E-state index contributed by atoms with van der Waals surface area (Å²) in [6, 6.07) is 9.12. The van der Waals surface area contributed by atoms with Gasteiger partial charge in [-0.05, 0) is 68.0 Å². The zero-order valence-electron chi connectivity index (χ0n) is 13.4. The minimum absolute atomic E-state index is 0.194. The van der Waals surface area contributed by atoms with Gasteiger partial charge in [-0.15, -0.1) is 0 Å². The molecule has 2 aromatic rings. The molecule has 0 heterocycles. The van der Waals surface area contributed by atoms with E-state index in [-0.39, 0.29) is 5.69 Å². The number of aryl methyl sites for hydroxylation is 2. The van der Waals surface area contributed by atoms with Crippen LogP contribution in [-0.4, -0.2) is 12.0 Å². The highest BCUT2D eigenvalue weighted by atomic mass is 19.2. The van der Waals surface area contributed by atoms with Gasteiger partial charge < -0.3 is 10.1 Å². The zero-order valence-corrected chi connectivity index (χ0v) is 13.4. The van der Waals surface area contributed by atoms with E-state index in [4.69, 9.17) is 4.74 Å². The van der Waals surface area contributed by atoms with E-state index in [2.05, 4.69) is 5.32 Å². The fourth-order valence-electron chi connectivity index (χ4n) is 2.86. The lowest BCUT2D eigenvalue weighted by atomic mass is 9.92. The first kappa shape index (κ1) is 16.4. The molecule has 1 amide bonds. The number of hydrogen-bond donors (Lipinski definition) is 1. The second kappa shape index (κ2) is 6.99. The van der Waals surface area contributed by atoms with E-state index in [0.717, 1.165) is 25.0 Å². The van der Waals surface area contributed by atoms with Gasteiger partial charge in [0, 0.05) is 11.8 Å². The van der Waals surface area contributed by atoms with Crippen molar-refractivity contribution in [2.45, 2.75) is 38.7 Å². The molecule has 0 aromatic heterocycles. The van der Waals surface area contributed by atoms with Crippen LogP contribution in [0.3, 0.4) is 0 Å². The summed E-state index contributed by atoms with van der Waals surface area (Å²) in [6.45, 7) is 1.62. The Morgan fingerprint density at radius 3 is 2.54 bits per heavy atom. The van der Waals surface area contributed by atoms with Gasteiger partial charge in [-0.2, -0.15) is 0 Å². The number of nitrogens with one attached hydrogen (secondary N) is 1. The maximum atomic E-state index is 13.2. The Kier molecular flexibility index (Phi) is 4.79. The van der Waals surface area contributed by atoms with E-state index in [1.807, 2.05) is 18.2 Å². The van der Waals surface area contributed by atoms with Crippen LogP contribution in [0.1, 0.15) is 30.9 Å². The lowest BCUT2D eigenvalue weighted by molar-refractivity contribution is -0.122. The van der Waals surface area contributed by atoms with Crippen LogP contribution in [0.5, 0.6) is 5.75 Å². The number of fused-ring (bicyclic) bond motifs is 1. The number of benzene rings is 2. The predicted molar refractivity (Wildman–Crippen MR) is 88.2 cm³/mol. The van der Waals surface area contributed by atoms with Gasteiger partial charge in [-0.1, -0.05) is 6.07 Å². The minimum Gasteiger partial charge on any atom is -0.481 e. The van der Waals surface area contributed by atoms with Gasteiger partial charge >= 0.3 is 0 Å². The molecule has 1 aliphatic rings. The van der Waals surface area contributed by atoms with Crippen LogP contribution in [0.15, 0.2) is 36.4 Å².